The lowest BCUT2D eigenvalue weighted by Crippen LogP contribution is -2.12. The number of fused-ring (bicyclic) bond motifs is 2. The molecule has 3 aromatic carbocycles. The molecule has 0 saturated carbocycles. The van der Waals surface area contributed by atoms with Crippen LogP contribution in [0.1, 0.15) is 5.56 Å². The molecule has 0 radical (unpaired) electrons. The summed E-state index contributed by atoms with van der Waals surface area (Å²) in [7, 11) is 0. The van der Waals surface area contributed by atoms with Gasteiger partial charge in [0, 0.05) is 10.9 Å². The second-order valence-corrected chi connectivity index (χ2v) is 6.68. The third-order valence-electron chi connectivity index (χ3n) is 5.01. The molecule has 2 aromatic heterocycles. The van der Waals surface area contributed by atoms with E-state index in [-0.39, 0.29) is 5.56 Å². The van der Waals surface area contributed by atoms with E-state index >= 15 is 0 Å². The van der Waals surface area contributed by atoms with Crippen molar-refractivity contribution in [3.05, 3.63) is 88.7 Å². The molecule has 0 unspecified atom stereocenters. The normalized spacial score (nSPS) is 11.3. The first-order chi connectivity index (χ1) is 13.2. The van der Waals surface area contributed by atoms with Crippen molar-refractivity contribution >= 4 is 21.9 Å². The lowest BCUT2D eigenvalue weighted by Gasteiger charge is -2.09. The molecule has 4 heteroatoms. The average molecular weight is 351 g/mol. The molecule has 4 nitrogen and oxygen atoms in total. The van der Waals surface area contributed by atoms with E-state index in [0.29, 0.717) is 11.4 Å². The quantitative estimate of drug-likeness (QED) is 0.468. The molecule has 5 aromatic rings. The number of aromatic nitrogens is 3. The lowest BCUT2D eigenvalue weighted by molar-refractivity contribution is 1.23. The van der Waals surface area contributed by atoms with Gasteiger partial charge >= 0.3 is 0 Å². The maximum Gasteiger partial charge on any atom is 0.259 e. The minimum Gasteiger partial charge on any atom is -0.338 e. The second-order valence-electron chi connectivity index (χ2n) is 6.68. The highest BCUT2D eigenvalue weighted by atomic mass is 16.1. The fourth-order valence-corrected chi connectivity index (χ4v) is 3.62. The van der Waals surface area contributed by atoms with Crippen molar-refractivity contribution in [1.82, 2.24) is 15.0 Å². The molecule has 0 atom stereocenters. The van der Waals surface area contributed by atoms with Crippen LogP contribution < -0.4 is 5.56 Å². The Hall–Kier alpha value is -3.66. The first-order valence-electron chi connectivity index (χ1n) is 8.88. The van der Waals surface area contributed by atoms with E-state index < -0.39 is 0 Å². The molecular formula is C23H17N3O. The summed E-state index contributed by atoms with van der Waals surface area (Å²) >= 11 is 0. The van der Waals surface area contributed by atoms with Gasteiger partial charge in [-0.25, -0.2) is 4.98 Å². The molecule has 0 aliphatic carbocycles. The number of imidazole rings is 1. The summed E-state index contributed by atoms with van der Waals surface area (Å²) < 4.78 is 0. The average Bonchev–Trinajstić information content (AvgIpc) is 3.12. The molecule has 27 heavy (non-hydrogen) atoms. The van der Waals surface area contributed by atoms with E-state index in [1.807, 2.05) is 61.5 Å². The van der Waals surface area contributed by atoms with Gasteiger partial charge < -0.3 is 9.97 Å². The number of nitrogens with one attached hydrogen (secondary N) is 2. The Labute approximate surface area is 155 Å². The van der Waals surface area contributed by atoms with Gasteiger partial charge in [-0.15, -0.1) is 0 Å². The number of hydrogen-bond donors (Lipinski definition) is 2. The standard InChI is InChI=1S/C23H17N3O/c1-14-17-13-16(15-7-3-2-4-8-15)11-12-18(17)26-23(27)21(14)22-24-19-9-5-6-10-20(19)25-22/h2-13H,1H3,(H,24,25)(H,26,27). The molecule has 2 heterocycles. The highest BCUT2D eigenvalue weighted by Crippen LogP contribution is 2.29. The summed E-state index contributed by atoms with van der Waals surface area (Å²) in [5.41, 5.74) is 6.25. The summed E-state index contributed by atoms with van der Waals surface area (Å²) in [6.07, 6.45) is 0. The van der Waals surface area contributed by atoms with Gasteiger partial charge in [-0.1, -0.05) is 48.5 Å². The SMILES string of the molecule is Cc1c(-c2nc3ccccc3[nH]2)c(=O)[nH]c2ccc(-c3ccccc3)cc12. The van der Waals surface area contributed by atoms with Crippen LogP contribution in [0.15, 0.2) is 77.6 Å². The van der Waals surface area contributed by atoms with E-state index in [2.05, 4.69) is 33.2 Å². The number of pyridine rings is 1. The Bertz CT molecular complexity index is 1310. The number of hydrogen-bond acceptors (Lipinski definition) is 2. The molecule has 0 aliphatic heterocycles. The van der Waals surface area contributed by atoms with E-state index in [1.54, 1.807) is 0 Å². The minimum atomic E-state index is -0.133. The summed E-state index contributed by atoms with van der Waals surface area (Å²) in [4.78, 5) is 23.7. The molecule has 0 fully saturated rings. The molecule has 0 saturated heterocycles. The van der Waals surface area contributed by atoms with Crippen molar-refractivity contribution in [3.8, 4) is 22.5 Å². The van der Waals surface area contributed by atoms with Crippen molar-refractivity contribution in [1.29, 1.82) is 0 Å². The first-order valence-corrected chi connectivity index (χ1v) is 8.88. The van der Waals surface area contributed by atoms with Gasteiger partial charge in [0.15, 0.2) is 0 Å². The highest BCUT2D eigenvalue weighted by Gasteiger charge is 2.15. The van der Waals surface area contributed by atoms with Crippen molar-refractivity contribution in [3.63, 3.8) is 0 Å². The van der Waals surface area contributed by atoms with Crippen LogP contribution in [0.3, 0.4) is 0 Å². The first kappa shape index (κ1) is 15.6. The predicted molar refractivity (Wildman–Crippen MR) is 110 cm³/mol. The smallest absolute Gasteiger partial charge is 0.259 e. The predicted octanol–water partition coefficient (Wildman–Crippen LogP) is 5.05. The van der Waals surface area contributed by atoms with Crippen LogP contribution in [0.4, 0.5) is 0 Å². The molecular weight excluding hydrogens is 334 g/mol. The Kier molecular flexibility index (Phi) is 3.44. The number of nitrogens with zero attached hydrogens (tertiary/aromatic N) is 1. The number of aromatic amines is 2. The second kappa shape index (κ2) is 5.95. The lowest BCUT2D eigenvalue weighted by atomic mass is 9.99. The van der Waals surface area contributed by atoms with Crippen molar-refractivity contribution in [2.24, 2.45) is 0 Å². The fourth-order valence-electron chi connectivity index (χ4n) is 3.62. The Morgan fingerprint density at radius 2 is 1.56 bits per heavy atom. The van der Waals surface area contributed by atoms with Crippen molar-refractivity contribution in [2.75, 3.05) is 0 Å². The Balaban J connectivity index is 1.76. The topological polar surface area (TPSA) is 61.5 Å². The number of H-pyrrole nitrogens is 2. The van der Waals surface area contributed by atoms with Gasteiger partial charge in [0.1, 0.15) is 5.82 Å². The maximum atomic E-state index is 12.8. The summed E-state index contributed by atoms with van der Waals surface area (Å²) in [5, 5.41) is 1.02. The largest absolute Gasteiger partial charge is 0.338 e. The molecule has 0 bridgehead atoms. The molecule has 0 spiro atoms. The van der Waals surface area contributed by atoms with Gasteiger partial charge in [-0.2, -0.15) is 0 Å². The maximum absolute atomic E-state index is 12.8. The van der Waals surface area contributed by atoms with E-state index in [1.165, 1.54) is 0 Å². The summed E-state index contributed by atoms with van der Waals surface area (Å²) in [6, 6.07) is 24.2. The molecule has 0 aliphatic rings. The minimum absolute atomic E-state index is 0.133. The zero-order chi connectivity index (χ0) is 18.4. The Morgan fingerprint density at radius 3 is 2.37 bits per heavy atom. The van der Waals surface area contributed by atoms with E-state index in [4.69, 9.17) is 0 Å². The van der Waals surface area contributed by atoms with E-state index in [9.17, 15) is 4.79 Å². The zero-order valence-electron chi connectivity index (χ0n) is 14.8. The van der Waals surface area contributed by atoms with Gasteiger partial charge in [0.25, 0.3) is 5.56 Å². The monoisotopic (exact) mass is 351 g/mol. The van der Waals surface area contributed by atoms with Crippen LogP contribution in [0, 0.1) is 6.92 Å². The van der Waals surface area contributed by atoms with Gasteiger partial charge in [-0.05, 0) is 47.9 Å². The van der Waals surface area contributed by atoms with E-state index in [0.717, 1.165) is 38.6 Å². The number of aryl methyl sites for hydroxylation is 1. The van der Waals surface area contributed by atoms with Gasteiger partial charge in [-0.3, -0.25) is 4.79 Å². The molecule has 5 rings (SSSR count). The third kappa shape index (κ3) is 2.54. The van der Waals surface area contributed by atoms with Gasteiger partial charge in [0.05, 0.1) is 16.6 Å². The number of rotatable bonds is 2. The highest BCUT2D eigenvalue weighted by molar-refractivity contribution is 5.91. The van der Waals surface area contributed by atoms with Crippen molar-refractivity contribution in [2.45, 2.75) is 6.92 Å². The zero-order valence-corrected chi connectivity index (χ0v) is 14.8. The molecule has 0 amide bonds. The van der Waals surface area contributed by atoms with Crippen LogP contribution in [0.5, 0.6) is 0 Å². The van der Waals surface area contributed by atoms with Crippen LogP contribution in [-0.2, 0) is 0 Å². The fraction of sp³-hybridized carbons (Fsp3) is 0.0435. The summed E-state index contributed by atoms with van der Waals surface area (Å²) in [5.74, 6) is 0.599. The summed E-state index contributed by atoms with van der Waals surface area (Å²) in [6.45, 7) is 1.98. The number of benzene rings is 3. The molecule has 2 N–H and O–H groups in total. The van der Waals surface area contributed by atoms with Gasteiger partial charge in [0.2, 0.25) is 0 Å². The Morgan fingerprint density at radius 1 is 0.778 bits per heavy atom. The third-order valence-corrected chi connectivity index (χ3v) is 5.01. The van der Waals surface area contributed by atoms with Crippen LogP contribution in [-0.4, -0.2) is 15.0 Å². The molecule has 130 valence electrons. The number of para-hydroxylation sites is 2. The van der Waals surface area contributed by atoms with Crippen molar-refractivity contribution < 1.29 is 0 Å². The van der Waals surface area contributed by atoms with Crippen LogP contribution in [0.25, 0.3) is 44.5 Å². The van der Waals surface area contributed by atoms with Crippen LogP contribution >= 0.6 is 0 Å². The van der Waals surface area contributed by atoms with Crippen LogP contribution in [0.2, 0.25) is 0 Å².